The van der Waals surface area contributed by atoms with Crippen molar-refractivity contribution in [1.29, 1.82) is 0 Å². The number of carboxylic acid groups (broad SMARTS) is 1. The number of carboxylic acids is 1. The van der Waals surface area contributed by atoms with Gasteiger partial charge in [-0.3, -0.25) is 0 Å². The van der Waals surface area contributed by atoms with Crippen molar-refractivity contribution in [3.8, 4) is 0 Å². The van der Waals surface area contributed by atoms with Crippen LogP contribution in [0.1, 0.15) is 40.0 Å². The van der Waals surface area contributed by atoms with Crippen molar-refractivity contribution in [2.75, 3.05) is 6.61 Å². The maximum atomic E-state index is 10.7. The molecule has 2 rings (SSSR count). The van der Waals surface area contributed by atoms with Crippen LogP contribution in [0.2, 0.25) is 0 Å². The molecule has 3 nitrogen and oxygen atoms in total. The molecule has 132 valence electrons. The second-order valence-electron chi connectivity index (χ2n) is 7.33. The molecule has 0 aromatic heterocycles. The zero-order chi connectivity index (χ0) is 17.7. The largest absolute Gasteiger partial charge is 0.478 e. The van der Waals surface area contributed by atoms with E-state index in [0.717, 1.165) is 0 Å². The lowest BCUT2D eigenvalue weighted by atomic mass is 9.58. The van der Waals surface area contributed by atoms with Crippen LogP contribution in [0.25, 0.3) is 0 Å². The number of fused-ring (bicyclic) bond motifs is 1. The average Bonchev–Trinajstić information content (AvgIpc) is 2.51. The topological polar surface area (TPSA) is 57.5 Å². The number of aliphatic hydroxyl groups is 1. The van der Waals surface area contributed by atoms with E-state index in [4.69, 9.17) is 5.11 Å². The minimum atomic E-state index is -0.920. The minimum absolute atomic E-state index is 0.0641. The van der Waals surface area contributed by atoms with Crippen molar-refractivity contribution in [3.05, 3.63) is 47.6 Å². The second-order valence-corrected chi connectivity index (χ2v) is 7.33. The number of aliphatic hydroxyl groups excluding tert-OH is 1. The van der Waals surface area contributed by atoms with E-state index in [0.29, 0.717) is 29.6 Å². The monoisotopic (exact) mass is 330 g/mol. The predicted octanol–water partition coefficient (Wildman–Crippen LogP) is 4.37. The lowest BCUT2D eigenvalue weighted by molar-refractivity contribution is -0.131. The average molecular weight is 330 g/mol. The van der Waals surface area contributed by atoms with Crippen LogP contribution in [0.15, 0.2) is 47.6 Å². The molecule has 2 aliphatic carbocycles. The maximum absolute atomic E-state index is 10.7. The highest BCUT2D eigenvalue weighted by molar-refractivity contribution is 5.80. The Morgan fingerprint density at radius 3 is 2.75 bits per heavy atom. The molecule has 0 spiro atoms. The summed E-state index contributed by atoms with van der Waals surface area (Å²) < 4.78 is 0. The third-order valence-electron chi connectivity index (χ3n) is 5.73. The molecule has 5 atom stereocenters. The van der Waals surface area contributed by atoms with Gasteiger partial charge in [-0.2, -0.15) is 0 Å². The van der Waals surface area contributed by atoms with Gasteiger partial charge in [-0.15, -0.1) is 0 Å². The summed E-state index contributed by atoms with van der Waals surface area (Å²) in [5.74, 6) is 1.60. The molecule has 0 radical (unpaired) electrons. The summed E-state index contributed by atoms with van der Waals surface area (Å²) in [5, 5.41) is 18.1. The fourth-order valence-electron chi connectivity index (χ4n) is 4.81. The van der Waals surface area contributed by atoms with E-state index in [1.807, 2.05) is 12.2 Å². The summed E-state index contributed by atoms with van der Waals surface area (Å²) in [6.07, 6.45) is 15.0. The van der Waals surface area contributed by atoms with E-state index in [1.165, 1.54) is 36.5 Å². The summed E-state index contributed by atoms with van der Waals surface area (Å²) >= 11 is 0. The van der Waals surface area contributed by atoms with Crippen molar-refractivity contribution in [2.45, 2.75) is 40.0 Å². The molecule has 0 aromatic carbocycles. The fourth-order valence-corrected chi connectivity index (χ4v) is 4.81. The van der Waals surface area contributed by atoms with E-state index in [2.05, 4.69) is 32.9 Å². The zero-order valence-corrected chi connectivity index (χ0v) is 15.0. The number of rotatable bonds is 5. The van der Waals surface area contributed by atoms with E-state index in [-0.39, 0.29) is 6.61 Å². The van der Waals surface area contributed by atoms with Crippen LogP contribution in [-0.2, 0) is 4.79 Å². The first-order chi connectivity index (χ1) is 11.5. The first kappa shape index (κ1) is 18.7. The van der Waals surface area contributed by atoms with Crippen LogP contribution in [0.5, 0.6) is 0 Å². The third-order valence-corrected chi connectivity index (χ3v) is 5.73. The van der Waals surface area contributed by atoms with E-state index in [9.17, 15) is 9.90 Å². The Hall–Kier alpha value is -1.61. The molecule has 0 unspecified atom stereocenters. The zero-order valence-electron chi connectivity index (χ0n) is 15.0. The van der Waals surface area contributed by atoms with Crippen molar-refractivity contribution in [1.82, 2.24) is 0 Å². The Labute approximate surface area is 145 Å². The SMILES string of the molecule is CC(=CCO)[C@@H]1C(C)=C[C@@H]2CCC[C@H](C)[C@H]2[C@@H]1/C=C/C=C/C(=O)O. The number of aliphatic carboxylic acids is 1. The van der Waals surface area contributed by atoms with Crippen LogP contribution in [0, 0.1) is 29.6 Å². The van der Waals surface area contributed by atoms with E-state index in [1.54, 1.807) is 6.08 Å². The quantitative estimate of drug-likeness (QED) is 0.447. The molecule has 0 saturated heterocycles. The highest BCUT2D eigenvalue weighted by Crippen LogP contribution is 2.50. The Morgan fingerprint density at radius 2 is 2.08 bits per heavy atom. The molecule has 0 aromatic rings. The van der Waals surface area contributed by atoms with Crippen molar-refractivity contribution in [2.24, 2.45) is 29.6 Å². The minimum Gasteiger partial charge on any atom is -0.478 e. The third kappa shape index (κ3) is 4.27. The molecule has 1 saturated carbocycles. The molecule has 0 bridgehead atoms. The molecular weight excluding hydrogens is 300 g/mol. The molecule has 0 amide bonds. The standard InChI is InChI=1S/C21H30O3/c1-14-7-6-8-17-13-16(3)20(15(2)11-12-22)18(21(14)17)9-4-5-10-19(23)24/h4-5,9-11,13-14,17-18,20-22H,6-8,12H2,1-3H3,(H,23,24)/b9-4+,10-5+,15-11?/t14-,17-,18+,20+,21+/m0/s1. The molecule has 1 fully saturated rings. The summed E-state index contributed by atoms with van der Waals surface area (Å²) in [5.41, 5.74) is 2.59. The predicted molar refractivity (Wildman–Crippen MR) is 97.5 cm³/mol. The van der Waals surface area contributed by atoms with Gasteiger partial charge < -0.3 is 10.2 Å². The van der Waals surface area contributed by atoms with Gasteiger partial charge in [0.2, 0.25) is 0 Å². The molecule has 3 heteroatoms. The maximum Gasteiger partial charge on any atom is 0.328 e. The van der Waals surface area contributed by atoms with Crippen molar-refractivity contribution in [3.63, 3.8) is 0 Å². The first-order valence-electron chi connectivity index (χ1n) is 8.99. The van der Waals surface area contributed by atoms with Crippen molar-refractivity contribution >= 4 is 5.97 Å². The molecule has 2 N–H and O–H groups in total. The van der Waals surface area contributed by atoms with E-state index >= 15 is 0 Å². The second kappa shape index (κ2) is 8.48. The number of hydrogen-bond acceptors (Lipinski definition) is 2. The fraction of sp³-hybridized carbons (Fsp3) is 0.571. The first-order valence-corrected chi connectivity index (χ1v) is 8.99. The molecule has 2 aliphatic rings. The van der Waals surface area contributed by atoms with Gasteiger partial charge in [0, 0.05) is 12.0 Å². The van der Waals surface area contributed by atoms with Crippen LogP contribution in [0.4, 0.5) is 0 Å². The Balaban J connectivity index is 2.37. The van der Waals surface area contributed by atoms with Gasteiger partial charge in [0.25, 0.3) is 0 Å². The summed E-state index contributed by atoms with van der Waals surface area (Å²) in [7, 11) is 0. The number of hydrogen-bond donors (Lipinski definition) is 2. The van der Waals surface area contributed by atoms with Gasteiger partial charge in [0.1, 0.15) is 0 Å². The normalized spacial score (nSPS) is 34.4. The summed E-state index contributed by atoms with van der Waals surface area (Å²) in [6.45, 7) is 6.71. The van der Waals surface area contributed by atoms with Gasteiger partial charge in [-0.1, -0.05) is 61.3 Å². The van der Waals surface area contributed by atoms with Crippen molar-refractivity contribution < 1.29 is 15.0 Å². The van der Waals surface area contributed by atoms with Crippen LogP contribution in [-0.4, -0.2) is 22.8 Å². The van der Waals surface area contributed by atoms with Gasteiger partial charge in [0.15, 0.2) is 0 Å². The summed E-state index contributed by atoms with van der Waals surface area (Å²) in [6, 6.07) is 0. The van der Waals surface area contributed by atoms with Crippen LogP contribution >= 0.6 is 0 Å². The summed E-state index contributed by atoms with van der Waals surface area (Å²) in [4.78, 5) is 10.7. The van der Waals surface area contributed by atoms with Gasteiger partial charge in [-0.25, -0.2) is 4.79 Å². The highest BCUT2D eigenvalue weighted by atomic mass is 16.4. The Bertz CT molecular complexity index is 568. The van der Waals surface area contributed by atoms with E-state index < -0.39 is 5.97 Å². The Kier molecular flexibility index (Phi) is 6.61. The molecule has 0 heterocycles. The Morgan fingerprint density at radius 1 is 1.33 bits per heavy atom. The van der Waals surface area contributed by atoms with Gasteiger partial charge in [-0.05, 0) is 43.9 Å². The molecule has 0 aliphatic heterocycles. The lowest BCUT2D eigenvalue weighted by Crippen LogP contribution is -2.39. The lowest BCUT2D eigenvalue weighted by Gasteiger charge is -2.47. The van der Waals surface area contributed by atoms with Crippen LogP contribution in [0.3, 0.4) is 0 Å². The molecule has 24 heavy (non-hydrogen) atoms. The van der Waals surface area contributed by atoms with Gasteiger partial charge >= 0.3 is 5.97 Å². The number of carbonyl (C=O) groups is 1. The van der Waals surface area contributed by atoms with Crippen LogP contribution < -0.4 is 0 Å². The van der Waals surface area contributed by atoms with Gasteiger partial charge in [0.05, 0.1) is 6.61 Å². The highest BCUT2D eigenvalue weighted by Gasteiger charge is 2.42. The molecular formula is C21H30O3. The number of allylic oxidation sites excluding steroid dienone is 6. The smallest absolute Gasteiger partial charge is 0.328 e.